The first kappa shape index (κ1) is 9.00. The van der Waals surface area contributed by atoms with Gasteiger partial charge in [0.1, 0.15) is 0 Å². The molecule has 0 bridgehead atoms. The molecule has 0 aromatic rings. The molecule has 1 aliphatic heterocycles. The summed E-state index contributed by atoms with van der Waals surface area (Å²) in [5.41, 5.74) is 0.0134. The molecule has 0 aromatic carbocycles. The predicted molar refractivity (Wildman–Crippen MR) is 49.3 cm³/mol. The Kier molecular flexibility index (Phi) is 1.88. The number of fused-ring (bicyclic) bond motifs is 1. The highest BCUT2D eigenvalue weighted by atomic mass is 16.5. The Labute approximate surface area is 79.0 Å². The van der Waals surface area contributed by atoms with E-state index >= 15 is 0 Å². The van der Waals surface area contributed by atoms with Gasteiger partial charge < -0.3 is 9.64 Å². The largest absolute Gasteiger partial charge is 0.378 e. The second-order valence-electron chi connectivity index (χ2n) is 4.56. The number of nitrogens with zero attached hydrogens (tertiary/aromatic N) is 1. The van der Waals surface area contributed by atoms with E-state index in [9.17, 15) is 4.79 Å². The number of likely N-dealkylation sites (tertiary alicyclic amines) is 1. The van der Waals surface area contributed by atoms with E-state index in [0.29, 0.717) is 12.0 Å². The normalized spacial score (nSPS) is 42.8. The molecular weight excluding hydrogens is 166 g/mol. The smallest absolute Gasteiger partial charge is 0.219 e. The molecule has 1 heterocycles. The van der Waals surface area contributed by atoms with Crippen LogP contribution < -0.4 is 0 Å². The number of hydrogen-bond acceptors (Lipinski definition) is 2. The maximum Gasteiger partial charge on any atom is 0.219 e. The summed E-state index contributed by atoms with van der Waals surface area (Å²) in [6.07, 6.45) is 2.12. The van der Waals surface area contributed by atoms with Gasteiger partial charge in [-0.25, -0.2) is 0 Å². The van der Waals surface area contributed by atoms with E-state index in [4.69, 9.17) is 4.74 Å². The second kappa shape index (κ2) is 2.71. The second-order valence-corrected chi connectivity index (χ2v) is 4.56. The first-order valence-corrected chi connectivity index (χ1v) is 4.88. The number of methoxy groups -OCH3 is 1. The quantitative estimate of drug-likeness (QED) is 0.607. The Bertz CT molecular complexity index is 241. The molecule has 2 fully saturated rings. The van der Waals surface area contributed by atoms with Crippen molar-refractivity contribution in [2.45, 2.75) is 38.3 Å². The molecule has 0 radical (unpaired) electrons. The molecular formula is C10H17NO2. The third-order valence-corrected chi connectivity index (χ3v) is 3.61. The highest BCUT2D eigenvalue weighted by Gasteiger charge is 2.52. The summed E-state index contributed by atoms with van der Waals surface area (Å²) in [5.74, 6) is 0.899. The molecule has 1 aliphatic carbocycles. The van der Waals surface area contributed by atoms with Crippen molar-refractivity contribution in [3.63, 3.8) is 0 Å². The lowest BCUT2D eigenvalue weighted by Crippen LogP contribution is -2.55. The van der Waals surface area contributed by atoms with Gasteiger partial charge in [-0.05, 0) is 25.7 Å². The highest BCUT2D eigenvalue weighted by Crippen LogP contribution is 2.45. The summed E-state index contributed by atoms with van der Waals surface area (Å²) in [6.45, 7) is 4.74. The number of carbonyl (C=O) groups is 1. The van der Waals surface area contributed by atoms with Crippen molar-refractivity contribution in [3.05, 3.63) is 0 Å². The van der Waals surface area contributed by atoms with Gasteiger partial charge in [0.25, 0.3) is 0 Å². The Morgan fingerprint density at radius 3 is 2.77 bits per heavy atom. The van der Waals surface area contributed by atoms with Gasteiger partial charge in [0.2, 0.25) is 5.91 Å². The molecule has 2 aliphatic rings. The molecule has 1 saturated carbocycles. The minimum atomic E-state index is 0.0134. The Balaban J connectivity index is 2.03. The minimum Gasteiger partial charge on any atom is -0.378 e. The van der Waals surface area contributed by atoms with Crippen molar-refractivity contribution < 1.29 is 9.53 Å². The lowest BCUT2D eigenvalue weighted by atomic mass is 9.92. The standard InChI is InChI=1S/C10H17NO2/c1-7(12)11-6-8-4-10(2,13-3)5-9(8)11/h8-9H,4-6H2,1-3H3. The summed E-state index contributed by atoms with van der Waals surface area (Å²) >= 11 is 0. The van der Waals surface area contributed by atoms with Crippen molar-refractivity contribution in [2.24, 2.45) is 5.92 Å². The van der Waals surface area contributed by atoms with E-state index in [0.717, 1.165) is 19.4 Å². The molecule has 3 nitrogen and oxygen atoms in total. The lowest BCUT2D eigenvalue weighted by molar-refractivity contribution is -0.139. The van der Waals surface area contributed by atoms with Crippen LogP contribution in [0.3, 0.4) is 0 Å². The Morgan fingerprint density at radius 2 is 2.23 bits per heavy atom. The minimum absolute atomic E-state index is 0.0134. The Morgan fingerprint density at radius 1 is 1.54 bits per heavy atom. The first-order valence-electron chi connectivity index (χ1n) is 4.88. The van der Waals surface area contributed by atoms with Gasteiger partial charge in [-0.3, -0.25) is 4.79 Å². The molecule has 3 heteroatoms. The molecule has 0 spiro atoms. The van der Waals surface area contributed by atoms with Crippen molar-refractivity contribution in [1.29, 1.82) is 0 Å². The van der Waals surface area contributed by atoms with Crippen LogP contribution in [-0.4, -0.2) is 36.1 Å². The van der Waals surface area contributed by atoms with E-state index in [1.165, 1.54) is 0 Å². The van der Waals surface area contributed by atoms with Crippen molar-refractivity contribution in [2.75, 3.05) is 13.7 Å². The maximum absolute atomic E-state index is 11.2. The lowest BCUT2D eigenvalue weighted by Gasteiger charge is -2.43. The third kappa shape index (κ3) is 1.26. The van der Waals surface area contributed by atoms with Crippen LogP contribution in [0, 0.1) is 5.92 Å². The molecule has 3 atom stereocenters. The van der Waals surface area contributed by atoms with Gasteiger partial charge in [0.15, 0.2) is 0 Å². The van der Waals surface area contributed by atoms with Crippen LogP contribution in [0.5, 0.6) is 0 Å². The van der Waals surface area contributed by atoms with E-state index in [-0.39, 0.29) is 11.5 Å². The van der Waals surface area contributed by atoms with Gasteiger partial charge in [-0.1, -0.05) is 0 Å². The number of carbonyl (C=O) groups excluding carboxylic acids is 1. The molecule has 0 aromatic heterocycles. The average Bonchev–Trinajstić information content (AvgIpc) is 2.29. The highest BCUT2D eigenvalue weighted by molar-refractivity contribution is 5.74. The van der Waals surface area contributed by atoms with Crippen LogP contribution in [0.25, 0.3) is 0 Å². The molecule has 0 N–H and O–H groups in total. The van der Waals surface area contributed by atoms with Crippen molar-refractivity contribution in [3.8, 4) is 0 Å². The molecule has 13 heavy (non-hydrogen) atoms. The van der Waals surface area contributed by atoms with Crippen molar-refractivity contribution in [1.82, 2.24) is 4.90 Å². The number of amides is 1. The monoisotopic (exact) mass is 183 g/mol. The summed E-state index contributed by atoms with van der Waals surface area (Å²) in [7, 11) is 1.77. The number of ether oxygens (including phenoxy) is 1. The zero-order valence-electron chi connectivity index (χ0n) is 8.54. The van der Waals surface area contributed by atoms with Crippen LogP contribution in [-0.2, 0) is 9.53 Å². The summed E-state index contributed by atoms with van der Waals surface area (Å²) in [4.78, 5) is 13.1. The van der Waals surface area contributed by atoms with E-state index in [2.05, 4.69) is 6.92 Å². The third-order valence-electron chi connectivity index (χ3n) is 3.61. The van der Waals surface area contributed by atoms with Crippen LogP contribution in [0.2, 0.25) is 0 Å². The van der Waals surface area contributed by atoms with Crippen LogP contribution in [0.15, 0.2) is 0 Å². The first-order chi connectivity index (χ1) is 6.06. The summed E-state index contributed by atoms with van der Waals surface area (Å²) < 4.78 is 5.47. The Hall–Kier alpha value is -0.570. The van der Waals surface area contributed by atoms with Gasteiger partial charge in [-0.15, -0.1) is 0 Å². The van der Waals surface area contributed by atoms with Gasteiger partial charge >= 0.3 is 0 Å². The molecule has 3 unspecified atom stereocenters. The van der Waals surface area contributed by atoms with Gasteiger partial charge in [-0.2, -0.15) is 0 Å². The van der Waals surface area contributed by atoms with Gasteiger partial charge in [0, 0.05) is 26.6 Å². The molecule has 1 saturated heterocycles. The zero-order chi connectivity index (χ0) is 9.64. The fraction of sp³-hybridized carbons (Fsp3) is 0.900. The SMILES string of the molecule is COC1(C)CC2CN(C(C)=O)C2C1. The van der Waals surface area contributed by atoms with Crippen LogP contribution >= 0.6 is 0 Å². The summed E-state index contributed by atoms with van der Waals surface area (Å²) in [6, 6.07) is 0.461. The fourth-order valence-corrected chi connectivity index (χ4v) is 2.71. The van der Waals surface area contributed by atoms with Crippen LogP contribution in [0.1, 0.15) is 26.7 Å². The van der Waals surface area contributed by atoms with Crippen molar-refractivity contribution >= 4 is 5.91 Å². The van der Waals surface area contributed by atoms with E-state index < -0.39 is 0 Å². The zero-order valence-corrected chi connectivity index (χ0v) is 8.54. The summed E-state index contributed by atoms with van der Waals surface area (Å²) in [5, 5.41) is 0. The number of hydrogen-bond donors (Lipinski definition) is 0. The molecule has 1 amide bonds. The van der Waals surface area contributed by atoms with E-state index in [1.54, 1.807) is 14.0 Å². The maximum atomic E-state index is 11.2. The number of rotatable bonds is 1. The van der Waals surface area contributed by atoms with Crippen LogP contribution in [0.4, 0.5) is 0 Å². The molecule has 2 rings (SSSR count). The topological polar surface area (TPSA) is 29.5 Å². The van der Waals surface area contributed by atoms with Gasteiger partial charge in [0.05, 0.1) is 5.60 Å². The average molecular weight is 183 g/mol. The predicted octanol–water partition coefficient (Wildman–Crippen LogP) is 1.03. The fourth-order valence-electron chi connectivity index (χ4n) is 2.71. The molecule has 74 valence electrons. The van der Waals surface area contributed by atoms with E-state index in [1.807, 2.05) is 4.90 Å².